The number of benzene rings is 1. The number of ether oxygens (including phenoxy) is 1. The molecule has 0 heterocycles. The maximum absolute atomic E-state index is 12.8. The quantitative estimate of drug-likeness (QED) is 0.0891. The number of carbonyl (C=O) groups is 2. The normalized spacial score (nSPS) is 13.9. The first-order valence-electron chi connectivity index (χ1n) is 15.9. The van der Waals surface area contributed by atoms with E-state index in [1.807, 2.05) is 25.1 Å². The molecule has 0 radical (unpaired) electrons. The number of methoxy groups -OCH3 is 1. The van der Waals surface area contributed by atoms with Crippen molar-refractivity contribution in [1.29, 1.82) is 0 Å². The molecule has 248 valence electrons. The van der Waals surface area contributed by atoms with Gasteiger partial charge in [-0.3, -0.25) is 4.79 Å². The van der Waals surface area contributed by atoms with E-state index in [-0.39, 0.29) is 22.0 Å². The van der Waals surface area contributed by atoms with Crippen LogP contribution in [0.1, 0.15) is 93.6 Å². The Morgan fingerprint density at radius 1 is 0.795 bits per heavy atom. The van der Waals surface area contributed by atoms with Crippen molar-refractivity contribution in [3.05, 3.63) is 58.7 Å². The average Bonchev–Trinajstić information content (AvgIpc) is 2.88. The molecule has 0 aromatic heterocycles. The van der Waals surface area contributed by atoms with Crippen LogP contribution in [0.15, 0.2) is 53.1 Å². The third-order valence-electron chi connectivity index (χ3n) is 8.95. The molecule has 0 aliphatic rings. The third-order valence-corrected chi connectivity index (χ3v) is 17.7. The number of amides is 1. The van der Waals surface area contributed by atoms with Crippen LogP contribution in [0, 0.1) is 0 Å². The minimum atomic E-state index is -2.09. The molecule has 8 heteroatoms. The fourth-order valence-electron chi connectivity index (χ4n) is 3.86. The lowest BCUT2D eigenvalue weighted by Gasteiger charge is -2.38. The number of hydrogen-bond acceptors (Lipinski definition) is 5. The second-order valence-electron chi connectivity index (χ2n) is 15.0. The zero-order valence-electron chi connectivity index (χ0n) is 30.2. The lowest BCUT2D eigenvalue weighted by molar-refractivity contribution is -0.136. The van der Waals surface area contributed by atoms with Crippen molar-refractivity contribution in [2.75, 3.05) is 13.7 Å². The first-order valence-corrected chi connectivity index (χ1v) is 21.8. The van der Waals surface area contributed by atoms with Crippen molar-refractivity contribution < 1.29 is 23.2 Å². The molecule has 1 aromatic carbocycles. The van der Waals surface area contributed by atoms with E-state index >= 15 is 0 Å². The van der Waals surface area contributed by atoms with E-state index < -0.39 is 16.6 Å². The van der Waals surface area contributed by atoms with Gasteiger partial charge < -0.3 is 18.9 Å². The Balaban J connectivity index is 3.21. The number of nitrogens with one attached hydrogen (secondary N) is 1. The third kappa shape index (κ3) is 13.2. The zero-order valence-corrected chi connectivity index (χ0v) is 32.2. The van der Waals surface area contributed by atoms with Gasteiger partial charge in [-0.2, -0.15) is 0 Å². The Bertz CT molecular complexity index is 1210. The molecule has 44 heavy (non-hydrogen) atoms. The smallest absolute Gasteiger partial charge is 0.333 e. The standard InChI is InChI=1S/C36H61NO5Si2/c1-27(17-15-19-28(2)26-37-29(3)38)18-16-20-30(34(39)40-10)21-22-31-25-32(41-43(11,12)35(4,5)6)23-24-33(31)42-44(13,14)36(7,8)9/h18-19,21,23-25H,15-17,20,22,26H2,1-14H3,(H,37,38). The molecule has 0 saturated carbocycles. The first kappa shape index (κ1) is 39.4. The van der Waals surface area contributed by atoms with Crippen LogP contribution in [-0.2, 0) is 20.7 Å². The molecule has 6 nitrogen and oxygen atoms in total. The monoisotopic (exact) mass is 643 g/mol. The highest BCUT2D eigenvalue weighted by atomic mass is 28.4. The molecular weight excluding hydrogens is 583 g/mol. The van der Waals surface area contributed by atoms with Crippen molar-refractivity contribution in [2.45, 2.75) is 131 Å². The SMILES string of the molecule is COC(=O)C(=CCc1cc(O[Si](C)(C)C(C)(C)C)ccc1O[Si](C)(C)C(C)(C)C)CCC=C(C)CCC=C(C)CNC(C)=O. The summed E-state index contributed by atoms with van der Waals surface area (Å²) < 4.78 is 18.6. The molecule has 0 aliphatic carbocycles. The van der Waals surface area contributed by atoms with E-state index in [2.05, 4.69) is 98.2 Å². The molecule has 1 amide bonds. The summed E-state index contributed by atoms with van der Waals surface area (Å²) in [5.74, 6) is 1.39. The van der Waals surface area contributed by atoms with Crippen LogP contribution >= 0.6 is 0 Å². The Morgan fingerprint density at radius 3 is 1.89 bits per heavy atom. The van der Waals surface area contributed by atoms with E-state index in [1.54, 1.807) is 0 Å². The predicted molar refractivity (Wildman–Crippen MR) is 191 cm³/mol. The summed E-state index contributed by atoms with van der Waals surface area (Å²) in [7, 11) is -2.69. The molecule has 1 aromatic rings. The first-order chi connectivity index (χ1) is 20.1. The summed E-state index contributed by atoms with van der Waals surface area (Å²) in [5, 5.41) is 2.96. The van der Waals surface area contributed by atoms with Gasteiger partial charge in [0.2, 0.25) is 22.5 Å². The van der Waals surface area contributed by atoms with Crippen LogP contribution in [0.3, 0.4) is 0 Å². The van der Waals surface area contributed by atoms with Crippen molar-refractivity contribution >= 4 is 28.5 Å². The van der Waals surface area contributed by atoms with Gasteiger partial charge in [0, 0.05) is 24.6 Å². The minimum absolute atomic E-state index is 0.0187. The van der Waals surface area contributed by atoms with E-state index in [9.17, 15) is 9.59 Å². The number of carbonyl (C=O) groups excluding carboxylic acids is 2. The van der Waals surface area contributed by atoms with Crippen LogP contribution in [-0.4, -0.2) is 42.2 Å². The van der Waals surface area contributed by atoms with Crippen LogP contribution in [0.2, 0.25) is 36.3 Å². The molecule has 1 rings (SSSR count). The van der Waals surface area contributed by atoms with Crippen LogP contribution in [0.5, 0.6) is 11.5 Å². The van der Waals surface area contributed by atoms with Crippen molar-refractivity contribution in [3.63, 3.8) is 0 Å². The number of hydrogen-bond donors (Lipinski definition) is 1. The molecule has 0 saturated heterocycles. The van der Waals surface area contributed by atoms with Gasteiger partial charge >= 0.3 is 5.97 Å². The van der Waals surface area contributed by atoms with E-state index in [0.717, 1.165) is 41.9 Å². The maximum atomic E-state index is 12.8. The predicted octanol–water partition coefficient (Wildman–Crippen LogP) is 9.69. The minimum Gasteiger partial charge on any atom is -0.543 e. The zero-order chi connectivity index (χ0) is 33.9. The molecule has 0 fully saturated rings. The highest BCUT2D eigenvalue weighted by Crippen LogP contribution is 2.41. The van der Waals surface area contributed by atoms with Gasteiger partial charge in [0.25, 0.3) is 0 Å². The molecule has 1 N–H and O–H groups in total. The lowest BCUT2D eigenvalue weighted by atomic mass is 10.0. The average molecular weight is 644 g/mol. The number of rotatable bonds is 15. The summed E-state index contributed by atoms with van der Waals surface area (Å²) in [6.45, 7) is 28.7. The molecular formula is C36H61NO5Si2. The summed E-state index contributed by atoms with van der Waals surface area (Å²) >= 11 is 0. The van der Waals surface area contributed by atoms with Gasteiger partial charge in [0.15, 0.2) is 0 Å². The van der Waals surface area contributed by atoms with Gasteiger partial charge in [-0.1, -0.05) is 70.9 Å². The molecule has 0 aliphatic heterocycles. The topological polar surface area (TPSA) is 73.9 Å². The Kier molecular flexibility index (Phi) is 14.9. The van der Waals surface area contributed by atoms with Crippen molar-refractivity contribution in [1.82, 2.24) is 5.32 Å². The summed E-state index contributed by atoms with van der Waals surface area (Å²) in [6.07, 6.45) is 10.1. The van der Waals surface area contributed by atoms with E-state index in [4.69, 9.17) is 13.6 Å². The fraction of sp³-hybridized carbons (Fsp3) is 0.611. The molecule has 0 atom stereocenters. The second-order valence-corrected chi connectivity index (χ2v) is 24.5. The molecule has 0 unspecified atom stereocenters. The van der Waals surface area contributed by atoms with Crippen molar-refractivity contribution in [2.24, 2.45) is 0 Å². The van der Waals surface area contributed by atoms with Crippen LogP contribution < -0.4 is 14.2 Å². The number of allylic oxidation sites excluding steroid dienone is 4. The van der Waals surface area contributed by atoms with Crippen LogP contribution in [0.4, 0.5) is 0 Å². The van der Waals surface area contributed by atoms with Gasteiger partial charge in [-0.15, -0.1) is 0 Å². The highest BCUT2D eigenvalue weighted by molar-refractivity contribution is 6.75. The summed E-state index contributed by atoms with van der Waals surface area (Å²) in [6, 6.07) is 6.17. The largest absolute Gasteiger partial charge is 0.543 e. The lowest BCUT2D eigenvalue weighted by Crippen LogP contribution is -2.44. The summed E-state index contributed by atoms with van der Waals surface area (Å²) in [4.78, 5) is 23.9. The summed E-state index contributed by atoms with van der Waals surface area (Å²) in [5.41, 5.74) is 4.11. The van der Waals surface area contributed by atoms with Crippen LogP contribution in [0.25, 0.3) is 0 Å². The van der Waals surface area contributed by atoms with Gasteiger partial charge in [0.1, 0.15) is 11.5 Å². The maximum Gasteiger partial charge on any atom is 0.333 e. The Hall–Kier alpha value is -2.59. The van der Waals surface area contributed by atoms with E-state index in [1.165, 1.54) is 19.6 Å². The highest BCUT2D eigenvalue weighted by Gasteiger charge is 2.40. The van der Waals surface area contributed by atoms with Gasteiger partial charge in [-0.05, 0) is 100 Å². The Labute approximate surface area is 271 Å². The van der Waals surface area contributed by atoms with Gasteiger partial charge in [-0.25, -0.2) is 4.79 Å². The molecule has 0 bridgehead atoms. The Morgan fingerprint density at radius 2 is 1.34 bits per heavy atom. The van der Waals surface area contributed by atoms with E-state index in [0.29, 0.717) is 25.0 Å². The second kappa shape index (κ2) is 16.6. The van der Waals surface area contributed by atoms with Crippen molar-refractivity contribution in [3.8, 4) is 11.5 Å². The fourth-order valence-corrected chi connectivity index (χ4v) is 5.94. The molecule has 0 spiro atoms. The number of esters is 1. The van der Waals surface area contributed by atoms with Gasteiger partial charge in [0.05, 0.1) is 7.11 Å².